The van der Waals surface area contributed by atoms with Crippen molar-refractivity contribution < 1.29 is 9.53 Å². The zero-order valence-electron chi connectivity index (χ0n) is 14.0. The van der Waals surface area contributed by atoms with E-state index < -0.39 is 0 Å². The topological polar surface area (TPSA) is 54.5 Å². The van der Waals surface area contributed by atoms with Crippen molar-refractivity contribution in [1.82, 2.24) is 15.2 Å². The average molecular weight is 317 g/mol. The van der Waals surface area contributed by atoms with Crippen LogP contribution in [0.3, 0.4) is 0 Å². The number of carbonyl (C=O) groups excluding carboxylic acids is 1. The second-order valence-corrected chi connectivity index (χ2v) is 6.88. The van der Waals surface area contributed by atoms with Crippen LogP contribution in [0.15, 0.2) is 24.4 Å². The van der Waals surface area contributed by atoms with Gasteiger partial charge in [-0.05, 0) is 44.2 Å². The SMILES string of the molecule is COCCC1(NC(=O)C2CC2)CCN(Cc2ccccn2)CC1. The van der Waals surface area contributed by atoms with Crippen LogP contribution < -0.4 is 5.32 Å². The Balaban J connectivity index is 1.56. The van der Waals surface area contributed by atoms with Crippen molar-refractivity contribution in [3.63, 3.8) is 0 Å². The fraction of sp³-hybridized carbons (Fsp3) is 0.667. The lowest BCUT2D eigenvalue weighted by atomic mass is 9.84. The largest absolute Gasteiger partial charge is 0.385 e. The second-order valence-electron chi connectivity index (χ2n) is 6.88. The van der Waals surface area contributed by atoms with Crippen molar-refractivity contribution in [1.29, 1.82) is 0 Å². The number of aromatic nitrogens is 1. The van der Waals surface area contributed by atoms with Gasteiger partial charge in [-0.3, -0.25) is 14.7 Å². The summed E-state index contributed by atoms with van der Waals surface area (Å²) in [5.74, 6) is 0.514. The van der Waals surface area contributed by atoms with Gasteiger partial charge in [0, 0.05) is 51.0 Å². The van der Waals surface area contributed by atoms with E-state index in [1.807, 2.05) is 18.3 Å². The van der Waals surface area contributed by atoms with E-state index in [1.165, 1.54) is 0 Å². The second kappa shape index (κ2) is 7.41. The minimum atomic E-state index is -0.0870. The number of pyridine rings is 1. The molecule has 0 atom stereocenters. The van der Waals surface area contributed by atoms with E-state index in [9.17, 15) is 4.79 Å². The fourth-order valence-electron chi connectivity index (χ4n) is 3.30. The Kier molecular flexibility index (Phi) is 5.28. The third kappa shape index (κ3) is 4.52. The normalized spacial score (nSPS) is 21.1. The first-order valence-electron chi connectivity index (χ1n) is 8.64. The Bertz CT molecular complexity index is 508. The number of methoxy groups -OCH3 is 1. The van der Waals surface area contributed by atoms with Gasteiger partial charge < -0.3 is 10.1 Å². The van der Waals surface area contributed by atoms with E-state index in [2.05, 4.69) is 21.3 Å². The van der Waals surface area contributed by atoms with Crippen LogP contribution in [0.25, 0.3) is 0 Å². The van der Waals surface area contributed by atoms with E-state index in [-0.39, 0.29) is 17.4 Å². The average Bonchev–Trinajstić information content (AvgIpc) is 3.41. The van der Waals surface area contributed by atoms with Gasteiger partial charge in [-0.2, -0.15) is 0 Å². The van der Waals surface area contributed by atoms with Crippen LogP contribution in [0, 0.1) is 5.92 Å². The molecule has 2 aliphatic rings. The van der Waals surface area contributed by atoms with E-state index in [1.54, 1.807) is 7.11 Å². The monoisotopic (exact) mass is 317 g/mol. The Morgan fingerprint density at radius 2 is 2.17 bits per heavy atom. The van der Waals surface area contributed by atoms with Crippen LogP contribution in [-0.2, 0) is 16.1 Å². The molecule has 2 fully saturated rings. The molecule has 1 amide bonds. The van der Waals surface area contributed by atoms with Gasteiger partial charge in [-0.15, -0.1) is 0 Å². The van der Waals surface area contributed by atoms with E-state index in [4.69, 9.17) is 4.74 Å². The summed E-state index contributed by atoms with van der Waals surface area (Å²) < 4.78 is 5.27. The summed E-state index contributed by atoms with van der Waals surface area (Å²) >= 11 is 0. The fourth-order valence-corrected chi connectivity index (χ4v) is 3.30. The molecule has 1 aliphatic heterocycles. The van der Waals surface area contributed by atoms with Crippen LogP contribution >= 0.6 is 0 Å². The third-order valence-electron chi connectivity index (χ3n) is 5.05. The smallest absolute Gasteiger partial charge is 0.223 e. The molecule has 1 N–H and O–H groups in total. The van der Waals surface area contributed by atoms with Crippen LogP contribution in [0.5, 0.6) is 0 Å². The predicted molar refractivity (Wildman–Crippen MR) is 88.8 cm³/mol. The Morgan fingerprint density at radius 3 is 2.78 bits per heavy atom. The molecule has 5 nitrogen and oxygen atoms in total. The molecular formula is C18H27N3O2. The van der Waals surface area contributed by atoms with E-state index in [0.717, 1.165) is 57.4 Å². The number of nitrogens with one attached hydrogen (secondary N) is 1. The van der Waals surface area contributed by atoms with Crippen molar-refractivity contribution in [2.45, 2.75) is 44.2 Å². The van der Waals surface area contributed by atoms with Crippen molar-refractivity contribution >= 4 is 5.91 Å². The minimum Gasteiger partial charge on any atom is -0.385 e. The molecule has 1 aromatic rings. The lowest BCUT2D eigenvalue weighted by molar-refractivity contribution is -0.125. The highest BCUT2D eigenvalue weighted by molar-refractivity contribution is 5.81. The van der Waals surface area contributed by atoms with Crippen LogP contribution in [0.2, 0.25) is 0 Å². The lowest BCUT2D eigenvalue weighted by Gasteiger charge is -2.42. The van der Waals surface area contributed by atoms with Gasteiger partial charge in [0.25, 0.3) is 0 Å². The number of hydrogen-bond acceptors (Lipinski definition) is 4. The highest BCUT2D eigenvalue weighted by atomic mass is 16.5. The van der Waals surface area contributed by atoms with Gasteiger partial charge >= 0.3 is 0 Å². The summed E-state index contributed by atoms with van der Waals surface area (Å²) in [4.78, 5) is 19.1. The van der Waals surface area contributed by atoms with Crippen molar-refractivity contribution in [2.24, 2.45) is 5.92 Å². The van der Waals surface area contributed by atoms with E-state index >= 15 is 0 Å². The molecule has 0 radical (unpaired) electrons. The number of hydrogen-bond donors (Lipinski definition) is 1. The lowest BCUT2D eigenvalue weighted by Crippen LogP contribution is -2.56. The summed E-state index contributed by atoms with van der Waals surface area (Å²) in [5.41, 5.74) is 1.02. The highest BCUT2D eigenvalue weighted by Gasteiger charge is 2.39. The summed E-state index contributed by atoms with van der Waals surface area (Å²) in [6.45, 7) is 3.57. The van der Waals surface area contributed by atoms with Crippen molar-refractivity contribution in [3.8, 4) is 0 Å². The minimum absolute atomic E-state index is 0.0870. The number of ether oxygens (including phenoxy) is 1. The standard InChI is InChI=1S/C18H27N3O2/c1-23-13-9-18(20-17(22)15-5-6-15)7-11-21(12-8-18)14-16-4-2-3-10-19-16/h2-4,10,15H,5-9,11-14H2,1H3,(H,20,22). The molecule has 0 aromatic carbocycles. The molecule has 5 heteroatoms. The first-order chi connectivity index (χ1) is 11.2. The van der Waals surface area contributed by atoms with Crippen LogP contribution in [0.1, 0.15) is 37.8 Å². The molecule has 3 rings (SSSR count). The zero-order chi connectivity index (χ0) is 16.1. The zero-order valence-corrected chi connectivity index (χ0v) is 14.0. The molecule has 23 heavy (non-hydrogen) atoms. The number of nitrogens with zero attached hydrogens (tertiary/aromatic N) is 2. The Morgan fingerprint density at radius 1 is 1.39 bits per heavy atom. The summed E-state index contributed by atoms with van der Waals surface area (Å²) in [6, 6.07) is 6.05. The molecule has 1 aliphatic carbocycles. The molecule has 126 valence electrons. The number of carbonyl (C=O) groups is 1. The summed E-state index contributed by atoms with van der Waals surface area (Å²) in [6.07, 6.45) is 6.83. The molecule has 0 spiro atoms. The number of rotatable bonds is 7. The van der Waals surface area contributed by atoms with Gasteiger partial charge in [0.1, 0.15) is 0 Å². The third-order valence-corrected chi connectivity index (χ3v) is 5.05. The van der Waals surface area contributed by atoms with Crippen molar-refractivity contribution in [2.75, 3.05) is 26.8 Å². The van der Waals surface area contributed by atoms with Gasteiger partial charge in [-0.1, -0.05) is 6.07 Å². The Labute approximate surface area is 138 Å². The molecule has 0 unspecified atom stereocenters. The summed E-state index contributed by atoms with van der Waals surface area (Å²) in [5, 5.41) is 3.35. The van der Waals surface area contributed by atoms with Gasteiger partial charge in [-0.25, -0.2) is 0 Å². The number of piperidine rings is 1. The van der Waals surface area contributed by atoms with Gasteiger partial charge in [0.05, 0.1) is 5.69 Å². The maximum atomic E-state index is 12.2. The van der Waals surface area contributed by atoms with Crippen LogP contribution in [0.4, 0.5) is 0 Å². The Hall–Kier alpha value is -1.46. The maximum Gasteiger partial charge on any atom is 0.223 e. The summed E-state index contributed by atoms with van der Waals surface area (Å²) in [7, 11) is 1.73. The predicted octanol–water partition coefficient (Wildman–Crippen LogP) is 1.98. The van der Waals surface area contributed by atoms with Gasteiger partial charge in [0.15, 0.2) is 0 Å². The van der Waals surface area contributed by atoms with E-state index in [0.29, 0.717) is 6.61 Å². The molecule has 0 bridgehead atoms. The molecule has 1 saturated carbocycles. The van der Waals surface area contributed by atoms with Crippen molar-refractivity contribution in [3.05, 3.63) is 30.1 Å². The maximum absolute atomic E-state index is 12.2. The first-order valence-corrected chi connectivity index (χ1v) is 8.64. The number of likely N-dealkylation sites (tertiary alicyclic amines) is 1. The van der Waals surface area contributed by atoms with Gasteiger partial charge in [0.2, 0.25) is 5.91 Å². The quantitative estimate of drug-likeness (QED) is 0.835. The molecule has 1 saturated heterocycles. The molecule has 1 aromatic heterocycles. The number of amides is 1. The molecular weight excluding hydrogens is 290 g/mol. The first kappa shape index (κ1) is 16.4. The highest BCUT2D eigenvalue weighted by Crippen LogP contribution is 2.32. The molecule has 2 heterocycles. The van der Waals surface area contributed by atoms with Crippen LogP contribution in [-0.4, -0.2) is 48.1 Å².